The van der Waals surface area contributed by atoms with Gasteiger partial charge in [-0.2, -0.15) is 5.10 Å². The second kappa shape index (κ2) is 7.66. The molecule has 0 spiro atoms. The molecule has 0 N–H and O–H groups in total. The molecule has 0 saturated carbocycles. The summed E-state index contributed by atoms with van der Waals surface area (Å²) in [6.45, 7) is 0. The Bertz CT molecular complexity index is 1330. The first-order valence-electron chi connectivity index (χ1n) is 8.84. The summed E-state index contributed by atoms with van der Waals surface area (Å²) in [5, 5.41) is 5.03. The predicted octanol–water partition coefficient (Wildman–Crippen LogP) is 5.54. The van der Waals surface area contributed by atoms with Crippen molar-refractivity contribution in [3.63, 3.8) is 0 Å². The molecule has 0 unspecified atom stereocenters. The van der Waals surface area contributed by atoms with Gasteiger partial charge in [-0.15, -0.1) is 0 Å². The van der Waals surface area contributed by atoms with Gasteiger partial charge in [-0.05, 0) is 60.7 Å². The van der Waals surface area contributed by atoms with Gasteiger partial charge in [-0.1, -0.05) is 23.7 Å². The number of hydrogen-bond donors (Lipinski definition) is 0. The number of sulfone groups is 1. The molecule has 1 aromatic heterocycles. The van der Waals surface area contributed by atoms with E-state index in [0.717, 1.165) is 30.0 Å². The number of nitrogens with zero attached hydrogens (tertiary/aromatic N) is 2. The van der Waals surface area contributed by atoms with Crippen molar-refractivity contribution in [3.05, 3.63) is 89.5 Å². The SMILES string of the molecule is CS(=O)(=O)c1ccc(-n2nc(-c3cc(F)ccc3F)cc2-c2ccc(Cl)cc2)cc1. The minimum absolute atomic E-state index is 0.0247. The Hall–Kier alpha value is -3.03. The molecule has 0 fully saturated rings. The smallest absolute Gasteiger partial charge is 0.175 e. The van der Waals surface area contributed by atoms with E-state index in [9.17, 15) is 17.2 Å². The van der Waals surface area contributed by atoms with Gasteiger partial charge >= 0.3 is 0 Å². The fraction of sp³-hybridized carbons (Fsp3) is 0.0455. The number of rotatable bonds is 4. The average molecular weight is 445 g/mol. The van der Waals surface area contributed by atoms with Crippen molar-refractivity contribution in [2.75, 3.05) is 6.26 Å². The van der Waals surface area contributed by atoms with Crippen LogP contribution in [0.5, 0.6) is 0 Å². The number of halogens is 3. The van der Waals surface area contributed by atoms with Crippen LogP contribution in [0.1, 0.15) is 0 Å². The number of benzene rings is 3. The van der Waals surface area contributed by atoms with Gasteiger partial charge < -0.3 is 0 Å². The lowest BCUT2D eigenvalue weighted by Gasteiger charge is -2.08. The quantitative estimate of drug-likeness (QED) is 0.415. The Morgan fingerprint density at radius 3 is 2.20 bits per heavy atom. The van der Waals surface area contributed by atoms with Crippen molar-refractivity contribution >= 4 is 21.4 Å². The topological polar surface area (TPSA) is 52.0 Å². The Balaban J connectivity index is 1.91. The van der Waals surface area contributed by atoms with Crippen molar-refractivity contribution in [2.45, 2.75) is 4.90 Å². The van der Waals surface area contributed by atoms with Crippen LogP contribution < -0.4 is 0 Å². The summed E-state index contributed by atoms with van der Waals surface area (Å²) < 4.78 is 53.1. The molecule has 0 atom stereocenters. The van der Waals surface area contributed by atoms with Gasteiger partial charge in [0.05, 0.1) is 22.0 Å². The van der Waals surface area contributed by atoms with Crippen LogP contribution in [0.25, 0.3) is 28.2 Å². The van der Waals surface area contributed by atoms with Crippen LogP contribution in [0.3, 0.4) is 0 Å². The molecule has 1 heterocycles. The fourth-order valence-corrected chi connectivity index (χ4v) is 3.82. The van der Waals surface area contributed by atoms with Crippen LogP contribution in [0, 0.1) is 11.6 Å². The Morgan fingerprint density at radius 2 is 1.57 bits per heavy atom. The highest BCUT2D eigenvalue weighted by Crippen LogP contribution is 2.31. The minimum Gasteiger partial charge on any atom is -0.232 e. The standard InChI is InChI=1S/C22H15ClF2N2O2S/c1-30(28,29)18-9-7-17(8-10-18)27-22(14-2-4-15(23)5-3-14)13-21(26-27)19-12-16(24)6-11-20(19)25/h2-13H,1H3. The lowest BCUT2D eigenvalue weighted by molar-refractivity contribution is 0.602. The second-order valence-electron chi connectivity index (χ2n) is 6.72. The molecule has 0 aliphatic heterocycles. The van der Waals surface area contributed by atoms with Gasteiger partial charge in [0.25, 0.3) is 0 Å². The highest BCUT2D eigenvalue weighted by Gasteiger charge is 2.17. The molecule has 30 heavy (non-hydrogen) atoms. The molecule has 0 aliphatic rings. The Labute approximate surface area is 177 Å². The van der Waals surface area contributed by atoms with E-state index in [0.29, 0.717) is 16.4 Å². The molecule has 4 aromatic rings. The van der Waals surface area contributed by atoms with E-state index in [4.69, 9.17) is 11.6 Å². The van der Waals surface area contributed by atoms with Gasteiger partial charge in [-0.3, -0.25) is 0 Å². The number of hydrogen-bond acceptors (Lipinski definition) is 3. The van der Waals surface area contributed by atoms with Gasteiger partial charge in [0.2, 0.25) is 0 Å². The zero-order valence-corrected chi connectivity index (χ0v) is 17.3. The van der Waals surface area contributed by atoms with E-state index in [1.54, 1.807) is 47.1 Å². The molecule has 4 rings (SSSR count). The molecule has 0 saturated heterocycles. The summed E-state index contributed by atoms with van der Waals surface area (Å²) in [5.41, 5.74) is 2.19. The van der Waals surface area contributed by atoms with Crippen LogP contribution >= 0.6 is 11.6 Å². The van der Waals surface area contributed by atoms with Gasteiger partial charge in [0, 0.05) is 22.4 Å². The third kappa shape index (κ3) is 3.99. The Kier molecular flexibility index (Phi) is 5.17. The van der Waals surface area contributed by atoms with E-state index in [1.807, 2.05) is 0 Å². The van der Waals surface area contributed by atoms with Crippen molar-refractivity contribution in [1.82, 2.24) is 9.78 Å². The maximum Gasteiger partial charge on any atom is 0.175 e. The number of aromatic nitrogens is 2. The highest BCUT2D eigenvalue weighted by molar-refractivity contribution is 7.90. The van der Waals surface area contributed by atoms with Crippen molar-refractivity contribution in [3.8, 4) is 28.2 Å². The summed E-state index contributed by atoms with van der Waals surface area (Å²) in [4.78, 5) is 0.169. The average Bonchev–Trinajstić information content (AvgIpc) is 3.15. The molecule has 8 heteroatoms. The highest BCUT2D eigenvalue weighted by atomic mass is 35.5. The van der Waals surface area contributed by atoms with Crippen LogP contribution in [-0.4, -0.2) is 24.5 Å². The summed E-state index contributed by atoms with van der Waals surface area (Å²) >= 11 is 5.98. The molecule has 152 valence electrons. The maximum atomic E-state index is 14.3. The summed E-state index contributed by atoms with van der Waals surface area (Å²) in [5.74, 6) is -1.18. The van der Waals surface area contributed by atoms with E-state index in [2.05, 4.69) is 5.10 Å². The Morgan fingerprint density at radius 1 is 0.900 bits per heavy atom. The van der Waals surface area contributed by atoms with Crippen molar-refractivity contribution in [1.29, 1.82) is 0 Å². The second-order valence-corrected chi connectivity index (χ2v) is 9.18. The fourth-order valence-electron chi connectivity index (χ4n) is 3.06. The van der Waals surface area contributed by atoms with Crippen molar-refractivity contribution in [2.24, 2.45) is 0 Å². The van der Waals surface area contributed by atoms with E-state index < -0.39 is 21.5 Å². The van der Waals surface area contributed by atoms with Crippen LogP contribution in [-0.2, 0) is 9.84 Å². The molecule has 3 aromatic carbocycles. The third-order valence-corrected chi connectivity index (χ3v) is 5.94. The monoisotopic (exact) mass is 444 g/mol. The summed E-state index contributed by atoms with van der Waals surface area (Å²) in [7, 11) is -3.35. The molecule has 0 bridgehead atoms. The zero-order chi connectivity index (χ0) is 21.5. The van der Waals surface area contributed by atoms with E-state index in [1.165, 1.54) is 12.1 Å². The first-order valence-corrected chi connectivity index (χ1v) is 11.1. The normalized spacial score (nSPS) is 11.6. The first kappa shape index (κ1) is 20.3. The predicted molar refractivity (Wildman–Crippen MR) is 112 cm³/mol. The summed E-state index contributed by atoms with van der Waals surface area (Å²) in [6, 6.07) is 18.0. The maximum absolute atomic E-state index is 14.3. The van der Waals surface area contributed by atoms with Crippen molar-refractivity contribution < 1.29 is 17.2 Å². The first-order chi connectivity index (χ1) is 14.2. The van der Waals surface area contributed by atoms with Crippen LogP contribution in [0.15, 0.2) is 77.7 Å². The van der Waals surface area contributed by atoms with Gasteiger partial charge in [0.1, 0.15) is 11.6 Å². The minimum atomic E-state index is -3.35. The van der Waals surface area contributed by atoms with E-state index >= 15 is 0 Å². The van der Waals surface area contributed by atoms with Gasteiger partial charge in [0.15, 0.2) is 9.84 Å². The molecular weight excluding hydrogens is 430 g/mol. The molecule has 0 amide bonds. The molecular formula is C22H15ClF2N2O2S. The van der Waals surface area contributed by atoms with Gasteiger partial charge in [-0.25, -0.2) is 21.9 Å². The van der Waals surface area contributed by atoms with Crippen LogP contribution in [0.2, 0.25) is 5.02 Å². The zero-order valence-electron chi connectivity index (χ0n) is 15.7. The lowest BCUT2D eigenvalue weighted by Crippen LogP contribution is -2.01. The summed E-state index contributed by atoms with van der Waals surface area (Å²) in [6.07, 6.45) is 1.12. The lowest BCUT2D eigenvalue weighted by atomic mass is 10.1. The molecule has 0 radical (unpaired) electrons. The third-order valence-electron chi connectivity index (χ3n) is 4.56. The van der Waals surface area contributed by atoms with Crippen LogP contribution in [0.4, 0.5) is 8.78 Å². The molecule has 0 aliphatic carbocycles. The molecule has 4 nitrogen and oxygen atoms in total. The van der Waals surface area contributed by atoms with E-state index in [-0.39, 0.29) is 16.2 Å². The largest absolute Gasteiger partial charge is 0.232 e.